The molecule has 0 atom stereocenters. The van der Waals surface area contributed by atoms with Gasteiger partial charge in [0.25, 0.3) is 0 Å². The van der Waals surface area contributed by atoms with E-state index >= 15 is 0 Å². The van der Waals surface area contributed by atoms with Crippen LogP contribution in [0.3, 0.4) is 0 Å². The largest absolute Gasteiger partial charge is 0.333 e. The Balaban J connectivity index is 0.00000240. The molecule has 0 N–H and O–H groups in total. The number of benzene rings is 3. The summed E-state index contributed by atoms with van der Waals surface area (Å²) in [5.74, 6) is 1.32. The molecule has 0 spiro atoms. The Kier molecular flexibility index (Phi) is 6.71. The molecule has 7 rings (SSSR count). The van der Waals surface area contributed by atoms with Gasteiger partial charge in [0.05, 0.1) is 11.3 Å². The Bertz CT molecular complexity index is 1480. The van der Waals surface area contributed by atoms with Crippen molar-refractivity contribution < 1.29 is 20.1 Å². The van der Waals surface area contributed by atoms with Gasteiger partial charge in [0, 0.05) is 37.4 Å². The topological polar surface area (TPSA) is 17.3 Å². The summed E-state index contributed by atoms with van der Waals surface area (Å²) in [6, 6.07) is 25.9. The van der Waals surface area contributed by atoms with Crippen LogP contribution < -0.4 is 0 Å². The van der Waals surface area contributed by atoms with Gasteiger partial charge in [-0.3, -0.25) is 4.98 Å². The van der Waals surface area contributed by atoms with Gasteiger partial charge < -0.3 is 4.40 Å². The minimum Gasteiger partial charge on any atom is -0.333 e. The van der Waals surface area contributed by atoms with Crippen LogP contribution in [0.1, 0.15) is 87.2 Å². The fourth-order valence-electron chi connectivity index (χ4n) is 7.08. The number of imidazole rings is 1. The van der Waals surface area contributed by atoms with Gasteiger partial charge in [-0.1, -0.05) is 80.3 Å². The molecule has 185 valence electrons. The second-order valence-corrected chi connectivity index (χ2v) is 10.8. The van der Waals surface area contributed by atoms with Gasteiger partial charge in [-0.2, -0.15) is 0 Å². The second-order valence-electron chi connectivity index (χ2n) is 10.8. The zero-order valence-corrected chi connectivity index (χ0v) is 23.2. The number of para-hydroxylation sites is 1. The number of hydrogen-bond donors (Lipinski definition) is 0. The minimum atomic E-state index is 0. The summed E-state index contributed by atoms with van der Waals surface area (Å²) in [5.41, 5.74) is 8.17. The number of hydrogen-bond acceptors (Lipinski definition) is 1. The van der Waals surface area contributed by atoms with Crippen LogP contribution in [0.2, 0.25) is 0 Å². The molecule has 0 saturated heterocycles. The molecular formula is C33H33IrN2-. The molecule has 0 unspecified atom stereocenters. The van der Waals surface area contributed by atoms with Crippen molar-refractivity contribution in [2.24, 2.45) is 0 Å². The molecule has 2 heterocycles. The summed E-state index contributed by atoms with van der Waals surface area (Å²) in [4.78, 5) is 5.08. The molecule has 0 bridgehead atoms. The zero-order chi connectivity index (χ0) is 23.2. The van der Waals surface area contributed by atoms with Crippen molar-refractivity contribution in [2.75, 3.05) is 0 Å². The Labute approximate surface area is 227 Å². The fourth-order valence-corrected chi connectivity index (χ4v) is 7.08. The maximum Gasteiger partial charge on any atom is 0.0639 e. The van der Waals surface area contributed by atoms with Gasteiger partial charge in [-0.15, -0.1) is 29.7 Å². The first-order valence-corrected chi connectivity index (χ1v) is 13.7. The van der Waals surface area contributed by atoms with Crippen LogP contribution in [-0.2, 0) is 20.1 Å². The zero-order valence-electron chi connectivity index (χ0n) is 20.8. The molecule has 2 nitrogen and oxygen atoms in total. The van der Waals surface area contributed by atoms with Gasteiger partial charge in [0.2, 0.25) is 0 Å². The number of rotatable bonds is 3. The molecule has 3 aromatic carbocycles. The van der Waals surface area contributed by atoms with E-state index in [1.807, 2.05) is 6.07 Å². The third-order valence-corrected chi connectivity index (χ3v) is 8.75. The molecule has 2 aliphatic rings. The summed E-state index contributed by atoms with van der Waals surface area (Å²) >= 11 is 0. The van der Waals surface area contributed by atoms with E-state index in [0.717, 1.165) is 11.0 Å². The molecule has 2 aromatic heterocycles. The molecule has 0 amide bonds. The SMILES string of the molecule is [Ir].[c-]1cccc2c1c1ncc(-c3c(C4CCCCC4)cccc3C3CCCCC3)n1c1ccccc21. The smallest absolute Gasteiger partial charge is 0.0639 e. The van der Waals surface area contributed by atoms with Crippen molar-refractivity contribution in [1.82, 2.24) is 9.38 Å². The fraction of sp³-hybridized carbons (Fsp3) is 0.364. The Morgan fingerprint density at radius 2 is 1.33 bits per heavy atom. The van der Waals surface area contributed by atoms with Crippen LogP contribution in [0.5, 0.6) is 0 Å². The summed E-state index contributed by atoms with van der Waals surface area (Å²) in [6.07, 6.45) is 15.6. The number of fused-ring (bicyclic) bond motifs is 6. The number of pyridine rings is 1. The van der Waals surface area contributed by atoms with Crippen molar-refractivity contribution in [3.63, 3.8) is 0 Å². The van der Waals surface area contributed by atoms with E-state index in [2.05, 4.69) is 71.3 Å². The van der Waals surface area contributed by atoms with Gasteiger partial charge in [-0.05, 0) is 60.1 Å². The van der Waals surface area contributed by atoms with E-state index in [1.54, 1.807) is 11.1 Å². The van der Waals surface area contributed by atoms with Crippen molar-refractivity contribution in [3.8, 4) is 11.3 Å². The van der Waals surface area contributed by atoms with E-state index in [9.17, 15) is 0 Å². The van der Waals surface area contributed by atoms with Crippen LogP contribution in [0.25, 0.3) is 38.6 Å². The second kappa shape index (κ2) is 10.1. The van der Waals surface area contributed by atoms with Crippen molar-refractivity contribution in [1.29, 1.82) is 0 Å². The van der Waals surface area contributed by atoms with Gasteiger partial charge >= 0.3 is 0 Å². The van der Waals surface area contributed by atoms with Crippen molar-refractivity contribution >= 4 is 27.3 Å². The molecule has 3 heteroatoms. The van der Waals surface area contributed by atoms with Crippen LogP contribution >= 0.6 is 0 Å². The summed E-state index contributed by atoms with van der Waals surface area (Å²) in [6.45, 7) is 0. The van der Waals surface area contributed by atoms with Crippen LogP contribution in [0.4, 0.5) is 0 Å². The average molecular weight is 650 g/mol. The maximum atomic E-state index is 5.08. The van der Waals surface area contributed by atoms with Gasteiger partial charge in [0.15, 0.2) is 0 Å². The predicted octanol–water partition coefficient (Wildman–Crippen LogP) is 9.20. The Hall–Kier alpha value is -2.48. The van der Waals surface area contributed by atoms with Crippen molar-refractivity contribution in [2.45, 2.75) is 76.0 Å². The first-order chi connectivity index (χ1) is 17.4. The quantitative estimate of drug-likeness (QED) is 0.141. The molecule has 36 heavy (non-hydrogen) atoms. The summed E-state index contributed by atoms with van der Waals surface area (Å²) in [5, 5.41) is 3.63. The first-order valence-electron chi connectivity index (χ1n) is 13.7. The van der Waals surface area contributed by atoms with E-state index in [0.29, 0.717) is 11.8 Å². The molecule has 2 aliphatic carbocycles. The molecule has 5 aromatic rings. The van der Waals surface area contributed by atoms with Crippen LogP contribution in [-0.4, -0.2) is 9.38 Å². The predicted molar refractivity (Wildman–Crippen MR) is 146 cm³/mol. The molecular weight excluding hydrogens is 617 g/mol. The van der Waals surface area contributed by atoms with E-state index in [-0.39, 0.29) is 20.1 Å². The first kappa shape index (κ1) is 23.9. The third-order valence-electron chi connectivity index (χ3n) is 8.75. The monoisotopic (exact) mass is 650 g/mol. The van der Waals surface area contributed by atoms with Crippen LogP contribution in [0, 0.1) is 6.07 Å². The minimum absolute atomic E-state index is 0. The molecule has 2 saturated carbocycles. The number of aromatic nitrogens is 2. The molecule has 2 fully saturated rings. The van der Waals surface area contributed by atoms with Crippen molar-refractivity contribution in [3.05, 3.63) is 84.1 Å². The normalized spacial score (nSPS) is 17.6. The average Bonchev–Trinajstić information content (AvgIpc) is 3.39. The maximum absolute atomic E-state index is 5.08. The summed E-state index contributed by atoms with van der Waals surface area (Å²) in [7, 11) is 0. The Morgan fingerprint density at radius 1 is 0.694 bits per heavy atom. The van der Waals surface area contributed by atoms with Crippen LogP contribution in [0.15, 0.2) is 66.9 Å². The standard InChI is InChI=1S/C33H33N2.Ir/c1-3-12-23(13-4-1)25-19-11-20-26(24-14-5-2-6-15-24)32(25)31-22-34-33-29-18-8-7-16-27(29)28-17-9-10-21-30(28)35(31)33;/h7-11,16-17,19-24H,1-6,12-15H2;/q-1;. The molecule has 0 aliphatic heterocycles. The third kappa shape index (κ3) is 3.92. The van der Waals surface area contributed by atoms with E-state index in [4.69, 9.17) is 4.98 Å². The van der Waals surface area contributed by atoms with E-state index < -0.39 is 0 Å². The summed E-state index contributed by atoms with van der Waals surface area (Å²) < 4.78 is 2.45. The molecule has 1 radical (unpaired) electrons. The van der Waals surface area contributed by atoms with Gasteiger partial charge in [-0.25, -0.2) is 0 Å². The Morgan fingerprint density at radius 3 is 2.03 bits per heavy atom. The number of nitrogens with zero attached hydrogens (tertiary/aromatic N) is 2. The van der Waals surface area contributed by atoms with Gasteiger partial charge in [0.1, 0.15) is 0 Å². The van der Waals surface area contributed by atoms with E-state index in [1.165, 1.54) is 91.8 Å².